The molecule has 0 unspecified atom stereocenters. The molecular weight excluding hydrogens is 244 g/mol. The summed E-state index contributed by atoms with van der Waals surface area (Å²) in [7, 11) is 1.48. The van der Waals surface area contributed by atoms with Crippen LogP contribution in [0.5, 0.6) is 0 Å². The SMILES string of the molecule is CNC(=O)NNC(=O)Cc1c(C)[nH]c2ccccc12. The van der Waals surface area contributed by atoms with Crippen molar-refractivity contribution in [3.8, 4) is 0 Å². The number of fused-ring (bicyclic) bond motifs is 1. The van der Waals surface area contributed by atoms with Gasteiger partial charge in [0.15, 0.2) is 0 Å². The van der Waals surface area contributed by atoms with Gasteiger partial charge in [-0.05, 0) is 18.6 Å². The van der Waals surface area contributed by atoms with Crippen LogP contribution in [0.3, 0.4) is 0 Å². The highest BCUT2D eigenvalue weighted by Gasteiger charge is 2.12. The zero-order valence-electron chi connectivity index (χ0n) is 10.8. The Morgan fingerprint density at radius 1 is 1.21 bits per heavy atom. The maximum Gasteiger partial charge on any atom is 0.333 e. The second-order valence-electron chi connectivity index (χ2n) is 4.20. The number of H-pyrrole nitrogens is 1. The van der Waals surface area contributed by atoms with Crippen molar-refractivity contribution in [1.82, 2.24) is 21.2 Å². The van der Waals surface area contributed by atoms with Crippen molar-refractivity contribution < 1.29 is 9.59 Å². The summed E-state index contributed by atoms with van der Waals surface area (Å²) in [5.41, 5.74) is 7.49. The summed E-state index contributed by atoms with van der Waals surface area (Å²) >= 11 is 0. The molecule has 19 heavy (non-hydrogen) atoms. The van der Waals surface area contributed by atoms with Crippen molar-refractivity contribution in [3.63, 3.8) is 0 Å². The number of aromatic nitrogens is 1. The molecule has 6 nitrogen and oxygen atoms in total. The molecule has 3 amide bonds. The minimum absolute atomic E-state index is 0.208. The van der Waals surface area contributed by atoms with Gasteiger partial charge in [-0.3, -0.25) is 10.2 Å². The van der Waals surface area contributed by atoms with Crippen molar-refractivity contribution in [2.24, 2.45) is 0 Å². The Morgan fingerprint density at radius 3 is 2.68 bits per heavy atom. The normalized spacial score (nSPS) is 10.2. The lowest BCUT2D eigenvalue weighted by atomic mass is 10.1. The lowest BCUT2D eigenvalue weighted by Crippen LogP contribution is -2.46. The molecule has 0 saturated heterocycles. The van der Waals surface area contributed by atoms with Gasteiger partial charge in [-0.25, -0.2) is 10.2 Å². The summed E-state index contributed by atoms with van der Waals surface area (Å²) in [6.45, 7) is 1.93. The first kappa shape index (κ1) is 12.9. The van der Waals surface area contributed by atoms with E-state index in [1.165, 1.54) is 7.05 Å². The predicted octanol–water partition coefficient (Wildman–Crippen LogP) is 0.979. The van der Waals surface area contributed by atoms with Gasteiger partial charge in [0.2, 0.25) is 5.91 Å². The van der Waals surface area contributed by atoms with Crippen LogP contribution in [0.15, 0.2) is 24.3 Å². The number of hydrazine groups is 1. The molecule has 2 rings (SSSR count). The number of para-hydroxylation sites is 1. The van der Waals surface area contributed by atoms with Gasteiger partial charge in [0.05, 0.1) is 6.42 Å². The van der Waals surface area contributed by atoms with Crippen LogP contribution in [0.25, 0.3) is 10.9 Å². The zero-order valence-corrected chi connectivity index (χ0v) is 10.8. The summed E-state index contributed by atoms with van der Waals surface area (Å²) in [4.78, 5) is 25.9. The van der Waals surface area contributed by atoms with Crippen molar-refractivity contribution in [2.75, 3.05) is 7.05 Å². The van der Waals surface area contributed by atoms with Crippen molar-refractivity contribution in [1.29, 1.82) is 0 Å². The number of hydrogen-bond acceptors (Lipinski definition) is 2. The van der Waals surface area contributed by atoms with Crippen LogP contribution in [-0.2, 0) is 11.2 Å². The molecule has 0 atom stereocenters. The zero-order chi connectivity index (χ0) is 13.8. The Kier molecular flexibility index (Phi) is 3.70. The average molecular weight is 260 g/mol. The number of rotatable bonds is 2. The van der Waals surface area contributed by atoms with E-state index in [1.54, 1.807) is 0 Å². The van der Waals surface area contributed by atoms with Crippen LogP contribution >= 0.6 is 0 Å². The molecule has 0 fully saturated rings. The molecule has 0 aliphatic carbocycles. The molecule has 0 aliphatic rings. The van der Waals surface area contributed by atoms with Crippen molar-refractivity contribution >= 4 is 22.8 Å². The Hall–Kier alpha value is -2.50. The average Bonchev–Trinajstić information content (AvgIpc) is 2.72. The smallest absolute Gasteiger partial charge is 0.333 e. The third-order valence-electron chi connectivity index (χ3n) is 2.91. The first-order valence-electron chi connectivity index (χ1n) is 5.94. The van der Waals surface area contributed by atoms with Crippen molar-refractivity contribution in [2.45, 2.75) is 13.3 Å². The summed E-state index contributed by atoms with van der Waals surface area (Å²) in [6.07, 6.45) is 0.208. The Labute approximate surface area is 110 Å². The Morgan fingerprint density at radius 2 is 1.95 bits per heavy atom. The fourth-order valence-electron chi connectivity index (χ4n) is 1.96. The fourth-order valence-corrected chi connectivity index (χ4v) is 1.96. The molecule has 0 spiro atoms. The second-order valence-corrected chi connectivity index (χ2v) is 4.20. The molecule has 0 bridgehead atoms. The number of carbonyl (C=O) groups excluding carboxylic acids is 2. The number of benzene rings is 1. The van der Waals surface area contributed by atoms with Gasteiger partial charge in [0, 0.05) is 23.6 Å². The first-order valence-corrected chi connectivity index (χ1v) is 5.94. The van der Waals surface area contributed by atoms with Gasteiger partial charge in [0.1, 0.15) is 0 Å². The summed E-state index contributed by atoms with van der Waals surface area (Å²) in [6, 6.07) is 7.35. The highest BCUT2D eigenvalue weighted by molar-refractivity contribution is 5.90. The van der Waals surface area contributed by atoms with E-state index >= 15 is 0 Å². The standard InChI is InChI=1S/C13H16N4O2/c1-8-10(7-12(18)16-17-13(19)14-2)9-5-3-4-6-11(9)15-8/h3-6,15H,7H2,1-2H3,(H,16,18)(H2,14,17,19). The molecule has 1 heterocycles. The minimum atomic E-state index is -0.455. The Bertz CT molecular complexity index is 618. The minimum Gasteiger partial charge on any atom is -0.358 e. The van der Waals surface area contributed by atoms with Crippen LogP contribution < -0.4 is 16.2 Å². The number of aryl methyl sites for hydroxylation is 1. The number of carbonyl (C=O) groups is 2. The van der Waals surface area contributed by atoms with E-state index in [0.717, 1.165) is 22.2 Å². The highest BCUT2D eigenvalue weighted by atomic mass is 16.2. The number of urea groups is 1. The molecule has 0 aliphatic heterocycles. The van der Waals surface area contributed by atoms with Gasteiger partial charge in [-0.15, -0.1) is 0 Å². The maximum atomic E-state index is 11.8. The lowest BCUT2D eigenvalue weighted by Gasteiger charge is -2.06. The maximum absolute atomic E-state index is 11.8. The fraction of sp³-hybridized carbons (Fsp3) is 0.231. The number of amides is 3. The van der Waals surface area contributed by atoms with E-state index in [2.05, 4.69) is 21.2 Å². The van der Waals surface area contributed by atoms with Gasteiger partial charge in [0.25, 0.3) is 0 Å². The largest absolute Gasteiger partial charge is 0.358 e. The third-order valence-corrected chi connectivity index (χ3v) is 2.91. The molecule has 0 radical (unpaired) electrons. The van der Waals surface area contributed by atoms with Crippen LogP contribution in [0, 0.1) is 6.92 Å². The van der Waals surface area contributed by atoms with Crippen LogP contribution in [0.2, 0.25) is 0 Å². The Balaban J connectivity index is 2.10. The predicted molar refractivity (Wildman–Crippen MR) is 72.5 cm³/mol. The first-order chi connectivity index (χ1) is 9.11. The summed E-state index contributed by atoms with van der Waals surface area (Å²) < 4.78 is 0. The number of hydrogen-bond donors (Lipinski definition) is 4. The summed E-state index contributed by atoms with van der Waals surface area (Å²) in [5.74, 6) is -0.267. The quantitative estimate of drug-likeness (QED) is 0.607. The van der Waals surface area contributed by atoms with E-state index in [-0.39, 0.29) is 12.3 Å². The van der Waals surface area contributed by atoms with Crippen molar-refractivity contribution in [3.05, 3.63) is 35.5 Å². The van der Waals surface area contributed by atoms with E-state index < -0.39 is 6.03 Å². The van der Waals surface area contributed by atoms with E-state index in [1.807, 2.05) is 31.2 Å². The molecule has 2 aromatic rings. The van der Waals surface area contributed by atoms with Gasteiger partial charge >= 0.3 is 6.03 Å². The molecule has 0 saturated carbocycles. The summed E-state index contributed by atoms with van der Waals surface area (Å²) in [5, 5.41) is 3.37. The monoisotopic (exact) mass is 260 g/mol. The molecular formula is C13H16N4O2. The topological polar surface area (TPSA) is 86.0 Å². The van der Waals surface area contributed by atoms with Gasteiger partial charge in [-0.1, -0.05) is 18.2 Å². The molecule has 4 N–H and O–H groups in total. The van der Waals surface area contributed by atoms with Gasteiger partial charge < -0.3 is 10.3 Å². The molecule has 100 valence electrons. The van der Waals surface area contributed by atoms with Gasteiger partial charge in [-0.2, -0.15) is 0 Å². The van der Waals surface area contributed by atoms with Crippen LogP contribution in [-0.4, -0.2) is 24.0 Å². The highest BCUT2D eigenvalue weighted by Crippen LogP contribution is 2.21. The van der Waals surface area contributed by atoms with E-state index in [0.29, 0.717) is 0 Å². The van der Waals surface area contributed by atoms with Crippen LogP contribution in [0.1, 0.15) is 11.3 Å². The third kappa shape index (κ3) is 2.85. The lowest BCUT2D eigenvalue weighted by molar-refractivity contribution is -0.121. The van der Waals surface area contributed by atoms with Crippen LogP contribution in [0.4, 0.5) is 4.79 Å². The number of nitrogens with one attached hydrogen (secondary N) is 4. The molecule has 6 heteroatoms. The van der Waals surface area contributed by atoms with E-state index in [9.17, 15) is 9.59 Å². The molecule has 1 aromatic carbocycles. The van der Waals surface area contributed by atoms with E-state index in [4.69, 9.17) is 0 Å². The number of aromatic amines is 1. The molecule has 1 aromatic heterocycles. The second kappa shape index (κ2) is 5.43.